The average molecular weight is 468 g/mol. The summed E-state index contributed by atoms with van der Waals surface area (Å²) in [7, 11) is 0. The minimum absolute atomic E-state index is 0.182. The molecule has 0 fully saturated rings. The smallest absolute Gasteiger partial charge is 0.0588 e. The van der Waals surface area contributed by atoms with Crippen molar-refractivity contribution >= 4 is 22.5 Å². The number of hydrogen-bond donors (Lipinski definition) is 1. The molecule has 3 heteroatoms. The SMILES string of the molecule is CCNC1C(c2ccc(N(CC)CC)cc2)=C(c2ccc(N(CC)CC)cc2)Cc2ccccc21. The molecule has 0 aliphatic heterocycles. The molecule has 3 aromatic rings. The fourth-order valence-corrected chi connectivity index (χ4v) is 5.51. The molecule has 1 N–H and O–H groups in total. The van der Waals surface area contributed by atoms with Gasteiger partial charge in [-0.1, -0.05) is 55.5 Å². The van der Waals surface area contributed by atoms with E-state index in [-0.39, 0.29) is 6.04 Å². The average Bonchev–Trinajstić information content (AvgIpc) is 2.91. The van der Waals surface area contributed by atoms with Crippen LogP contribution in [0.1, 0.15) is 62.9 Å². The van der Waals surface area contributed by atoms with Crippen molar-refractivity contribution in [3.8, 4) is 0 Å². The second-order valence-corrected chi connectivity index (χ2v) is 9.20. The zero-order chi connectivity index (χ0) is 24.8. The second kappa shape index (κ2) is 11.6. The highest BCUT2D eigenvalue weighted by Crippen LogP contribution is 2.44. The number of nitrogens with one attached hydrogen (secondary N) is 1. The fourth-order valence-electron chi connectivity index (χ4n) is 5.51. The van der Waals surface area contributed by atoms with Gasteiger partial charge in [0.05, 0.1) is 6.04 Å². The lowest BCUT2D eigenvalue weighted by molar-refractivity contribution is 0.652. The Hall–Kier alpha value is -3.04. The number of nitrogens with zero attached hydrogens (tertiary/aromatic N) is 2. The van der Waals surface area contributed by atoms with Crippen molar-refractivity contribution in [3.63, 3.8) is 0 Å². The maximum absolute atomic E-state index is 3.82. The number of benzene rings is 3. The number of fused-ring (bicyclic) bond motifs is 1. The molecule has 1 unspecified atom stereocenters. The van der Waals surface area contributed by atoms with E-state index in [1.807, 2.05) is 0 Å². The Morgan fingerprint density at radius 1 is 0.657 bits per heavy atom. The molecule has 0 aromatic heterocycles. The Morgan fingerprint density at radius 2 is 1.17 bits per heavy atom. The third-order valence-corrected chi connectivity index (χ3v) is 7.41. The molecule has 1 aliphatic carbocycles. The summed E-state index contributed by atoms with van der Waals surface area (Å²) >= 11 is 0. The first-order valence-corrected chi connectivity index (χ1v) is 13.4. The van der Waals surface area contributed by atoms with Crippen LogP contribution in [0, 0.1) is 0 Å². The molecule has 3 aromatic carbocycles. The van der Waals surface area contributed by atoms with Crippen LogP contribution in [0.5, 0.6) is 0 Å². The standard InChI is InChI=1S/C32H41N3/c1-6-33-32-29-14-12-11-13-26(29)23-30(24-15-19-27(20-16-24)34(7-2)8-3)31(32)25-17-21-28(22-18-25)35(9-4)10-5/h11-22,32-33H,6-10,23H2,1-5H3. The molecule has 184 valence electrons. The van der Waals surface area contributed by atoms with Crippen LogP contribution in [-0.2, 0) is 6.42 Å². The van der Waals surface area contributed by atoms with Crippen LogP contribution in [-0.4, -0.2) is 32.7 Å². The molecule has 4 rings (SSSR count). The van der Waals surface area contributed by atoms with Gasteiger partial charge in [-0.15, -0.1) is 0 Å². The molecule has 0 spiro atoms. The Balaban J connectivity index is 1.85. The van der Waals surface area contributed by atoms with Gasteiger partial charge in [0.2, 0.25) is 0 Å². The summed E-state index contributed by atoms with van der Waals surface area (Å²) in [6.45, 7) is 16.1. The highest BCUT2D eigenvalue weighted by molar-refractivity contribution is 5.96. The van der Waals surface area contributed by atoms with Crippen LogP contribution in [0.3, 0.4) is 0 Å². The first-order valence-electron chi connectivity index (χ1n) is 13.4. The van der Waals surface area contributed by atoms with Gasteiger partial charge in [-0.25, -0.2) is 0 Å². The molecule has 3 nitrogen and oxygen atoms in total. The third-order valence-electron chi connectivity index (χ3n) is 7.41. The van der Waals surface area contributed by atoms with Gasteiger partial charge in [0.1, 0.15) is 0 Å². The summed E-state index contributed by atoms with van der Waals surface area (Å²) < 4.78 is 0. The van der Waals surface area contributed by atoms with Crippen molar-refractivity contribution < 1.29 is 0 Å². The molecule has 0 amide bonds. The highest BCUT2D eigenvalue weighted by atomic mass is 15.1. The minimum Gasteiger partial charge on any atom is -0.372 e. The molecule has 0 saturated heterocycles. The quantitative estimate of drug-likeness (QED) is 0.340. The first-order chi connectivity index (χ1) is 17.1. The maximum Gasteiger partial charge on any atom is 0.0588 e. The van der Waals surface area contributed by atoms with Gasteiger partial charge in [0, 0.05) is 37.6 Å². The lowest BCUT2D eigenvalue weighted by Crippen LogP contribution is -2.27. The van der Waals surface area contributed by atoms with E-state index in [1.165, 1.54) is 44.8 Å². The predicted octanol–water partition coefficient (Wildman–Crippen LogP) is 7.20. The normalized spacial score (nSPS) is 15.2. The first kappa shape index (κ1) is 25.1. The van der Waals surface area contributed by atoms with Gasteiger partial charge in [-0.05, 0) is 98.3 Å². The minimum atomic E-state index is 0.182. The van der Waals surface area contributed by atoms with Gasteiger partial charge < -0.3 is 15.1 Å². The summed E-state index contributed by atoms with van der Waals surface area (Å²) in [5, 5.41) is 3.82. The predicted molar refractivity (Wildman–Crippen MR) is 153 cm³/mol. The summed E-state index contributed by atoms with van der Waals surface area (Å²) in [5.41, 5.74) is 10.9. The lowest BCUT2D eigenvalue weighted by atomic mass is 9.77. The largest absolute Gasteiger partial charge is 0.372 e. The van der Waals surface area contributed by atoms with Crippen LogP contribution in [0.2, 0.25) is 0 Å². The van der Waals surface area contributed by atoms with E-state index in [0.717, 1.165) is 39.1 Å². The fraction of sp³-hybridized carbons (Fsp3) is 0.375. The zero-order valence-electron chi connectivity index (χ0n) is 22.1. The lowest BCUT2D eigenvalue weighted by Gasteiger charge is -2.33. The van der Waals surface area contributed by atoms with E-state index < -0.39 is 0 Å². The van der Waals surface area contributed by atoms with Crippen molar-refractivity contribution in [1.82, 2.24) is 5.32 Å². The third kappa shape index (κ3) is 5.16. The molecular weight excluding hydrogens is 426 g/mol. The Morgan fingerprint density at radius 3 is 1.69 bits per heavy atom. The molecule has 0 saturated carbocycles. The van der Waals surface area contributed by atoms with Crippen molar-refractivity contribution in [2.24, 2.45) is 0 Å². The van der Waals surface area contributed by atoms with Gasteiger partial charge in [-0.3, -0.25) is 0 Å². The van der Waals surface area contributed by atoms with E-state index in [1.54, 1.807) is 0 Å². The van der Waals surface area contributed by atoms with E-state index >= 15 is 0 Å². The van der Waals surface area contributed by atoms with Crippen molar-refractivity contribution in [1.29, 1.82) is 0 Å². The summed E-state index contributed by atoms with van der Waals surface area (Å²) in [6.07, 6.45) is 0.954. The van der Waals surface area contributed by atoms with E-state index in [4.69, 9.17) is 0 Å². The Labute approximate surface area is 212 Å². The van der Waals surface area contributed by atoms with Gasteiger partial charge in [-0.2, -0.15) is 0 Å². The molecule has 0 heterocycles. The number of hydrogen-bond acceptors (Lipinski definition) is 3. The topological polar surface area (TPSA) is 18.5 Å². The molecular formula is C32H41N3. The highest BCUT2D eigenvalue weighted by Gasteiger charge is 2.29. The second-order valence-electron chi connectivity index (χ2n) is 9.20. The zero-order valence-corrected chi connectivity index (χ0v) is 22.1. The van der Waals surface area contributed by atoms with Crippen LogP contribution in [0.15, 0.2) is 72.8 Å². The number of allylic oxidation sites excluding steroid dienone is 1. The van der Waals surface area contributed by atoms with Gasteiger partial charge >= 0.3 is 0 Å². The molecule has 0 bridgehead atoms. The molecule has 1 atom stereocenters. The number of anilines is 2. The van der Waals surface area contributed by atoms with Crippen molar-refractivity contribution in [2.45, 2.75) is 47.1 Å². The van der Waals surface area contributed by atoms with Crippen molar-refractivity contribution in [3.05, 3.63) is 95.1 Å². The van der Waals surface area contributed by atoms with E-state index in [0.29, 0.717) is 0 Å². The van der Waals surface area contributed by atoms with Crippen LogP contribution in [0.25, 0.3) is 11.1 Å². The molecule has 0 radical (unpaired) electrons. The Bertz CT molecular complexity index is 1120. The summed E-state index contributed by atoms with van der Waals surface area (Å²) in [6, 6.07) is 27.6. The summed E-state index contributed by atoms with van der Waals surface area (Å²) in [5.74, 6) is 0. The Kier molecular flexibility index (Phi) is 8.30. The molecule has 35 heavy (non-hydrogen) atoms. The maximum atomic E-state index is 3.82. The van der Waals surface area contributed by atoms with Crippen LogP contribution < -0.4 is 15.1 Å². The van der Waals surface area contributed by atoms with Gasteiger partial charge in [0.25, 0.3) is 0 Å². The molecule has 1 aliphatic rings. The van der Waals surface area contributed by atoms with Crippen LogP contribution in [0.4, 0.5) is 11.4 Å². The van der Waals surface area contributed by atoms with Crippen molar-refractivity contribution in [2.75, 3.05) is 42.5 Å². The van der Waals surface area contributed by atoms with E-state index in [9.17, 15) is 0 Å². The van der Waals surface area contributed by atoms with Crippen LogP contribution >= 0.6 is 0 Å². The number of likely N-dealkylation sites (N-methyl/N-ethyl adjacent to an activating group) is 1. The van der Waals surface area contributed by atoms with Gasteiger partial charge in [0.15, 0.2) is 0 Å². The number of rotatable bonds is 10. The summed E-state index contributed by atoms with van der Waals surface area (Å²) in [4.78, 5) is 4.81. The monoisotopic (exact) mass is 467 g/mol. The van der Waals surface area contributed by atoms with E-state index in [2.05, 4.69) is 123 Å².